The molecule has 1 N–H and O–H groups in total. The number of rotatable bonds is 4. The molecule has 3 aliphatic rings. The highest BCUT2D eigenvalue weighted by molar-refractivity contribution is 4.93. The van der Waals surface area contributed by atoms with Crippen LogP contribution in [0.15, 0.2) is 0 Å². The van der Waals surface area contributed by atoms with Crippen molar-refractivity contribution in [2.75, 3.05) is 32.7 Å². The summed E-state index contributed by atoms with van der Waals surface area (Å²) in [5.74, 6) is 0. The molecule has 3 rings (SSSR count). The highest BCUT2D eigenvalue weighted by Gasteiger charge is 2.36. The van der Waals surface area contributed by atoms with Crippen LogP contribution in [0.1, 0.15) is 45.4 Å². The first kappa shape index (κ1) is 12.9. The van der Waals surface area contributed by atoms with Gasteiger partial charge in [-0.3, -0.25) is 4.90 Å². The Morgan fingerprint density at radius 3 is 2.72 bits per heavy atom. The van der Waals surface area contributed by atoms with Crippen molar-refractivity contribution >= 4 is 0 Å². The minimum Gasteiger partial charge on any atom is -0.313 e. The molecule has 0 spiro atoms. The number of hydrogen-bond acceptors (Lipinski definition) is 3. The first-order valence-corrected chi connectivity index (χ1v) is 8.08. The summed E-state index contributed by atoms with van der Waals surface area (Å²) in [6.45, 7) is 8.82. The molecule has 3 aliphatic heterocycles. The highest BCUT2D eigenvalue weighted by atomic mass is 15.3. The van der Waals surface area contributed by atoms with Gasteiger partial charge >= 0.3 is 0 Å². The van der Waals surface area contributed by atoms with Gasteiger partial charge in [0.25, 0.3) is 0 Å². The molecule has 3 heteroatoms. The fourth-order valence-corrected chi connectivity index (χ4v) is 4.17. The van der Waals surface area contributed by atoms with Crippen LogP contribution < -0.4 is 5.32 Å². The van der Waals surface area contributed by atoms with Gasteiger partial charge in [-0.05, 0) is 58.2 Å². The van der Waals surface area contributed by atoms with Crippen LogP contribution in [0.5, 0.6) is 0 Å². The lowest BCUT2D eigenvalue weighted by atomic mass is 9.96. The molecule has 3 unspecified atom stereocenters. The van der Waals surface area contributed by atoms with Gasteiger partial charge in [0, 0.05) is 31.2 Å². The van der Waals surface area contributed by atoms with E-state index in [1.165, 1.54) is 71.2 Å². The lowest BCUT2D eigenvalue weighted by Gasteiger charge is -2.39. The van der Waals surface area contributed by atoms with E-state index in [4.69, 9.17) is 0 Å². The van der Waals surface area contributed by atoms with Gasteiger partial charge in [-0.15, -0.1) is 0 Å². The van der Waals surface area contributed by atoms with Crippen molar-refractivity contribution in [3.05, 3.63) is 0 Å². The Labute approximate surface area is 112 Å². The number of likely N-dealkylation sites (tertiary alicyclic amines) is 1. The van der Waals surface area contributed by atoms with Crippen molar-refractivity contribution in [2.24, 2.45) is 0 Å². The van der Waals surface area contributed by atoms with Crippen LogP contribution >= 0.6 is 0 Å². The molecule has 3 atom stereocenters. The van der Waals surface area contributed by atoms with E-state index < -0.39 is 0 Å². The summed E-state index contributed by atoms with van der Waals surface area (Å²) in [6.07, 6.45) is 8.39. The molecule has 3 heterocycles. The largest absolute Gasteiger partial charge is 0.313 e. The van der Waals surface area contributed by atoms with Crippen LogP contribution in [0.4, 0.5) is 0 Å². The van der Waals surface area contributed by atoms with Crippen LogP contribution in [-0.2, 0) is 0 Å². The van der Waals surface area contributed by atoms with Crippen molar-refractivity contribution < 1.29 is 0 Å². The van der Waals surface area contributed by atoms with Crippen molar-refractivity contribution in [3.8, 4) is 0 Å². The quantitative estimate of drug-likeness (QED) is 0.820. The first-order valence-electron chi connectivity index (χ1n) is 8.08. The molecule has 3 saturated heterocycles. The Balaban J connectivity index is 1.47. The van der Waals surface area contributed by atoms with E-state index >= 15 is 0 Å². The van der Waals surface area contributed by atoms with Crippen molar-refractivity contribution in [2.45, 2.75) is 63.6 Å². The van der Waals surface area contributed by atoms with E-state index in [2.05, 4.69) is 22.0 Å². The first-order chi connectivity index (χ1) is 8.86. The Kier molecular flexibility index (Phi) is 4.22. The van der Waals surface area contributed by atoms with Crippen LogP contribution in [0, 0.1) is 0 Å². The Morgan fingerprint density at radius 2 is 1.83 bits per heavy atom. The van der Waals surface area contributed by atoms with Crippen LogP contribution in [0.2, 0.25) is 0 Å². The van der Waals surface area contributed by atoms with Gasteiger partial charge in [0.05, 0.1) is 0 Å². The molecule has 104 valence electrons. The molecular weight excluding hydrogens is 222 g/mol. The average molecular weight is 251 g/mol. The fraction of sp³-hybridized carbons (Fsp3) is 1.00. The summed E-state index contributed by atoms with van der Waals surface area (Å²) >= 11 is 0. The predicted octanol–water partition coefficient (Wildman–Crippen LogP) is 1.69. The number of hydrogen-bond donors (Lipinski definition) is 1. The average Bonchev–Trinajstić information content (AvgIpc) is 3.04. The standard InChI is InChI=1S/C15H29N3/c1-2-7-16-13-5-9-18(12-13)15-6-10-17-8-3-4-14(17)11-15/h13-16H,2-12H2,1H3. The van der Waals surface area contributed by atoms with Gasteiger partial charge in [-0.25, -0.2) is 0 Å². The smallest absolute Gasteiger partial charge is 0.0207 e. The molecule has 0 aromatic heterocycles. The number of nitrogens with zero attached hydrogens (tertiary/aromatic N) is 2. The van der Waals surface area contributed by atoms with E-state index in [0.717, 1.165) is 18.1 Å². The molecule has 0 saturated carbocycles. The van der Waals surface area contributed by atoms with Gasteiger partial charge in [0.2, 0.25) is 0 Å². The predicted molar refractivity (Wildman–Crippen MR) is 75.9 cm³/mol. The number of fused-ring (bicyclic) bond motifs is 1. The Hall–Kier alpha value is -0.120. The monoisotopic (exact) mass is 251 g/mol. The SMILES string of the molecule is CCCNC1CCN(C2CCN3CCCC3C2)C1. The minimum absolute atomic E-state index is 0.770. The Bertz CT molecular complexity index is 268. The van der Waals surface area contributed by atoms with E-state index in [0.29, 0.717) is 0 Å². The van der Waals surface area contributed by atoms with Crippen LogP contribution in [0.3, 0.4) is 0 Å². The van der Waals surface area contributed by atoms with Crippen molar-refractivity contribution in [1.29, 1.82) is 0 Å². The third-order valence-corrected chi connectivity index (χ3v) is 5.21. The van der Waals surface area contributed by atoms with Crippen LogP contribution in [0.25, 0.3) is 0 Å². The maximum absolute atomic E-state index is 3.69. The minimum atomic E-state index is 0.770. The van der Waals surface area contributed by atoms with E-state index in [1.807, 2.05) is 0 Å². The second-order valence-corrected chi connectivity index (χ2v) is 6.44. The zero-order valence-corrected chi connectivity index (χ0v) is 11.9. The summed E-state index contributed by atoms with van der Waals surface area (Å²) in [5, 5.41) is 3.69. The second kappa shape index (κ2) is 5.89. The topological polar surface area (TPSA) is 18.5 Å². The molecule has 0 aromatic carbocycles. The molecule has 3 nitrogen and oxygen atoms in total. The van der Waals surface area contributed by atoms with Gasteiger partial charge in [-0.1, -0.05) is 6.92 Å². The summed E-state index contributed by atoms with van der Waals surface area (Å²) in [4.78, 5) is 5.52. The lowest BCUT2D eigenvalue weighted by molar-refractivity contribution is 0.102. The zero-order chi connectivity index (χ0) is 12.4. The van der Waals surface area contributed by atoms with Crippen molar-refractivity contribution in [1.82, 2.24) is 15.1 Å². The van der Waals surface area contributed by atoms with Gasteiger partial charge in [0.15, 0.2) is 0 Å². The fourth-order valence-electron chi connectivity index (χ4n) is 4.17. The molecule has 0 aliphatic carbocycles. The molecule has 0 amide bonds. The lowest BCUT2D eigenvalue weighted by Crippen LogP contribution is -2.47. The van der Waals surface area contributed by atoms with Gasteiger partial charge < -0.3 is 10.2 Å². The molecule has 0 radical (unpaired) electrons. The maximum Gasteiger partial charge on any atom is 0.0207 e. The van der Waals surface area contributed by atoms with E-state index in [9.17, 15) is 0 Å². The van der Waals surface area contributed by atoms with Gasteiger partial charge in [-0.2, -0.15) is 0 Å². The number of nitrogens with one attached hydrogen (secondary N) is 1. The summed E-state index contributed by atoms with van der Waals surface area (Å²) < 4.78 is 0. The molecule has 0 bridgehead atoms. The summed E-state index contributed by atoms with van der Waals surface area (Å²) in [5.41, 5.74) is 0. The Morgan fingerprint density at radius 1 is 1.00 bits per heavy atom. The van der Waals surface area contributed by atoms with Gasteiger partial charge in [0.1, 0.15) is 0 Å². The maximum atomic E-state index is 3.69. The molecule has 3 fully saturated rings. The third kappa shape index (κ3) is 2.73. The zero-order valence-electron chi connectivity index (χ0n) is 11.9. The molecule has 0 aromatic rings. The number of piperidine rings is 1. The summed E-state index contributed by atoms with van der Waals surface area (Å²) in [6, 6.07) is 2.58. The third-order valence-electron chi connectivity index (χ3n) is 5.21. The van der Waals surface area contributed by atoms with E-state index in [-0.39, 0.29) is 0 Å². The normalized spacial score (nSPS) is 38.2. The summed E-state index contributed by atoms with van der Waals surface area (Å²) in [7, 11) is 0. The second-order valence-electron chi connectivity index (χ2n) is 6.44. The van der Waals surface area contributed by atoms with Crippen molar-refractivity contribution in [3.63, 3.8) is 0 Å². The highest BCUT2D eigenvalue weighted by Crippen LogP contribution is 2.30. The molecule has 18 heavy (non-hydrogen) atoms. The van der Waals surface area contributed by atoms with Crippen LogP contribution in [-0.4, -0.2) is 60.6 Å². The van der Waals surface area contributed by atoms with E-state index in [1.54, 1.807) is 0 Å². The molecular formula is C15H29N3.